The highest BCUT2D eigenvalue weighted by molar-refractivity contribution is 7.90. The highest BCUT2D eigenvalue weighted by Crippen LogP contribution is 2.47. The number of hydrogen-bond acceptors (Lipinski definition) is 4. The van der Waals surface area contributed by atoms with Crippen LogP contribution in [0.25, 0.3) is 11.3 Å². The molecule has 138 valence electrons. The Bertz CT molecular complexity index is 1150. The van der Waals surface area contributed by atoms with Crippen LogP contribution in [0.1, 0.15) is 34.7 Å². The van der Waals surface area contributed by atoms with Crippen molar-refractivity contribution in [2.24, 2.45) is 0 Å². The topological polar surface area (TPSA) is 69.0 Å². The summed E-state index contributed by atoms with van der Waals surface area (Å²) in [4.78, 5) is 14.9. The molecule has 2 aromatic heterocycles. The average Bonchev–Trinajstić information content (AvgIpc) is 3.41. The van der Waals surface area contributed by atoms with E-state index in [9.17, 15) is 22.0 Å². The van der Waals surface area contributed by atoms with Gasteiger partial charge >= 0.3 is 0 Å². The molecular formula is C19H14F2N2O3S. The van der Waals surface area contributed by atoms with Crippen molar-refractivity contribution in [3.63, 3.8) is 0 Å². The van der Waals surface area contributed by atoms with Crippen LogP contribution in [0.5, 0.6) is 0 Å². The van der Waals surface area contributed by atoms with Crippen molar-refractivity contribution in [2.45, 2.75) is 23.7 Å². The van der Waals surface area contributed by atoms with E-state index in [4.69, 9.17) is 0 Å². The molecule has 0 saturated heterocycles. The molecule has 0 N–H and O–H groups in total. The highest BCUT2D eigenvalue weighted by Gasteiger charge is 2.35. The van der Waals surface area contributed by atoms with Gasteiger partial charge in [0.1, 0.15) is 5.82 Å². The van der Waals surface area contributed by atoms with Crippen LogP contribution in [0.15, 0.2) is 53.7 Å². The van der Waals surface area contributed by atoms with Crippen LogP contribution >= 0.6 is 0 Å². The van der Waals surface area contributed by atoms with Crippen LogP contribution in [0.3, 0.4) is 0 Å². The van der Waals surface area contributed by atoms with Gasteiger partial charge in [0.15, 0.2) is 6.29 Å². The third-order valence-corrected chi connectivity index (χ3v) is 6.18. The van der Waals surface area contributed by atoms with Gasteiger partial charge in [-0.2, -0.15) is 4.39 Å². The fourth-order valence-electron chi connectivity index (χ4n) is 3.17. The van der Waals surface area contributed by atoms with Gasteiger partial charge in [-0.3, -0.25) is 4.79 Å². The van der Waals surface area contributed by atoms with E-state index < -0.39 is 21.8 Å². The number of pyridine rings is 1. The normalized spacial score (nSPS) is 14.3. The first kappa shape index (κ1) is 17.5. The SMILES string of the molecule is O=Cc1cn(S(=O)(=O)c2cccc(F)c2)c(-c2cccnc2F)c1C1CC1. The fraction of sp³-hybridized carbons (Fsp3) is 0.158. The molecule has 2 heterocycles. The van der Waals surface area contributed by atoms with Crippen molar-refractivity contribution in [3.8, 4) is 11.3 Å². The zero-order chi connectivity index (χ0) is 19.2. The smallest absolute Gasteiger partial charge is 0.268 e. The molecule has 0 spiro atoms. The summed E-state index contributed by atoms with van der Waals surface area (Å²) in [6.45, 7) is 0. The molecule has 0 aliphatic heterocycles. The maximum Gasteiger partial charge on any atom is 0.268 e. The van der Waals surface area contributed by atoms with Crippen LogP contribution in [0.4, 0.5) is 8.78 Å². The lowest BCUT2D eigenvalue weighted by atomic mass is 10.0. The van der Waals surface area contributed by atoms with E-state index in [2.05, 4.69) is 4.98 Å². The van der Waals surface area contributed by atoms with Crippen molar-refractivity contribution < 1.29 is 22.0 Å². The van der Waals surface area contributed by atoms with E-state index in [-0.39, 0.29) is 27.6 Å². The maximum atomic E-state index is 14.4. The predicted molar refractivity (Wildman–Crippen MR) is 94.0 cm³/mol. The molecule has 5 nitrogen and oxygen atoms in total. The number of halogens is 2. The lowest BCUT2D eigenvalue weighted by Gasteiger charge is -2.13. The maximum absolute atomic E-state index is 14.4. The summed E-state index contributed by atoms with van der Waals surface area (Å²) >= 11 is 0. The van der Waals surface area contributed by atoms with E-state index >= 15 is 0 Å². The number of nitrogens with zero attached hydrogens (tertiary/aromatic N) is 2. The van der Waals surface area contributed by atoms with Gasteiger partial charge in [-0.25, -0.2) is 21.8 Å². The first-order chi connectivity index (χ1) is 12.9. The van der Waals surface area contributed by atoms with Gasteiger partial charge in [-0.15, -0.1) is 0 Å². The lowest BCUT2D eigenvalue weighted by molar-refractivity contribution is 0.112. The molecule has 1 saturated carbocycles. The van der Waals surface area contributed by atoms with Crippen LogP contribution in [-0.4, -0.2) is 23.7 Å². The molecule has 1 aliphatic carbocycles. The number of aromatic nitrogens is 2. The summed E-state index contributed by atoms with van der Waals surface area (Å²) in [5.41, 5.74) is 0.703. The third kappa shape index (κ3) is 2.95. The molecule has 1 aliphatic rings. The van der Waals surface area contributed by atoms with Crippen molar-refractivity contribution in [1.82, 2.24) is 8.96 Å². The molecule has 3 aromatic rings. The van der Waals surface area contributed by atoms with Gasteiger partial charge in [-0.05, 0) is 54.7 Å². The Kier molecular flexibility index (Phi) is 4.15. The predicted octanol–water partition coefficient (Wildman–Crippen LogP) is 3.76. The molecule has 27 heavy (non-hydrogen) atoms. The summed E-state index contributed by atoms with van der Waals surface area (Å²) < 4.78 is 55.2. The Morgan fingerprint density at radius 2 is 1.93 bits per heavy atom. The Hall–Kier alpha value is -2.87. The summed E-state index contributed by atoms with van der Waals surface area (Å²) in [5, 5.41) is 0. The van der Waals surface area contributed by atoms with Gasteiger partial charge in [0, 0.05) is 18.0 Å². The number of carbonyl (C=O) groups excluding carboxylic acids is 1. The largest absolute Gasteiger partial charge is 0.298 e. The molecule has 0 amide bonds. The van der Waals surface area contributed by atoms with Crippen molar-refractivity contribution in [2.75, 3.05) is 0 Å². The molecule has 8 heteroatoms. The van der Waals surface area contributed by atoms with Crippen LogP contribution in [0.2, 0.25) is 0 Å². The number of rotatable bonds is 5. The second kappa shape index (κ2) is 6.38. The zero-order valence-corrected chi connectivity index (χ0v) is 14.8. The molecular weight excluding hydrogens is 374 g/mol. The zero-order valence-electron chi connectivity index (χ0n) is 14.0. The fourth-order valence-corrected chi connectivity index (χ4v) is 4.60. The second-order valence-electron chi connectivity index (χ2n) is 6.34. The minimum Gasteiger partial charge on any atom is -0.298 e. The summed E-state index contributed by atoms with van der Waals surface area (Å²) in [6.07, 6.45) is 4.54. The van der Waals surface area contributed by atoms with Crippen molar-refractivity contribution in [3.05, 3.63) is 71.7 Å². The van der Waals surface area contributed by atoms with E-state index in [0.29, 0.717) is 11.8 Å². The summed E-state index contributed by atoms with van der Waals surface area (Å²) in [5.74, 6) is -1.58. The summed E-state index contributed by atoms with van der Waals surface area (Å²) in [7, 11) is -4.25. The number of benzene rings is 1. The Morgan fingerprint density at radius 1 is 1.15 bits per heavy atom. The molecule has 0 radical (unpaired) electrons. The third-order valence-electron chi connectivity index (χ3n) is 4.52. The van der Waals surface area contributed by atoms with E-state index in [0.717, 1.165) is 28.9 Å². The van der Waals surface area contributed by atoms with Gasteiger partial charge in [0.05, 0.1) is 16.2 Å². The Morgan fingerprint density at radius 3 is 2.56 bits per heavy atom. The quantitative estimate of drug-likeness (QED) is 0.493. The lowest BCUT2D eigenvalue weighted by Crippen LogP contribution is -2.14. The Labute approximate surface area is 154 Å². The van der Waals surface area contributed by atoms with Gasteiger partial charge < -0.3 is 0 Å². The molecule has 0 atom stereocenters. The minimum atomic E-state index is -4.25. The van der Waals surface area contributed by atoms with E-state index in [1.807, 2.05) is 0 Å². The van der Waals surface area contributed by atoms with Gasteiger partial charge in [0.2, 0.25) is 5.95 Å². The molecule has 4 rings (SSSR count). The standard InChI is InChI=1S/C19H14F2N2O3S/c20-14-3-1-4-15(9-14)27(25,26)23-10-13(11-24)17(12-6-7-12)18(23)16-5-2-8-22-19(16)21/h1-5,8-12H,6-7H2. The average molecular weight is 388 g/mol. The number of aldehydes is 1. The van der Waals surface area contributed by atoms with Crippen molar-refractivity contribution in [1.29, 1.82) is 0 Å². The van der Waals surface area contributed by atoms with Crippen LogP contribution in [-0.2, 0) is 10.0 Å². The van der Waals surface area contributed by atoms with Crippen molar-refractivity contribution >= 4 is 16.3 Å². The number of carbonyl (C=O) groups is 1. The summed E-state index contributed by atoms with van der Waals surface area (Å²) in [6, 6.07) is 7.44. The molecule has 0 bridgehead atoms. The van der Waals surface area contributed by atoms with E-state index in [1.54, 1.807) is 0 Å². The van der Waals surface area contributed by atoms with Crippen LogP contribution < -0.4 is 0 Å². The molecule has 1 aromatic carbocycles. The minimum absolute atomic E-state index is 0.0209. The Balaban J connectivity index is 2.04. The van der Waals surface area contributed by atoms with Gasteiger partial charge in [-0.1, -0.05) is 6.07 Å². The molecule has 1 fully saturated rings. The second-order valence-corrected chi connectivity index (χ2v) is 8.15. The van der Waals surface area contributed by atoms with Crippen LogP contribution in [0, 0.1) is 11.8 Å². The first-order valence-electron chi connectivity index (χ1n) is 8.26. The van der Waals surface area contributed by atoms with Gasteiger partial charge in [0.25, 0.3) is 10.0 Å². The monoisotopic (exact) mass is 388 g/mol. The number of hydrogen-bond donors (Lipinski definition) is 0. The first-order valence-corrected chi connectivity index (χ1v) is 9.70. The van der Waals surface area contributed by atoms with E-state index in [1.165, 1.54) is 36.7 Å². The molecule has 0 unspecified atom stereocenters. The highest BCUT2D eigenvalue weighted by atomic mass is 32.2.